The third-order valence-corrected chi connectivity index (χ3v) is 3.93. The van der Waals surface area contributed by atoms with E-state index in [9.17, 15) is 13.2 Å². The summed E-state index contributed by atoms with van der Waals surface area (Å²) in [6.07, 6.45) is -1.38. The summed E-state index contributed by atoms with van der Waals surface area (Å²) in [5, 5.41) is 3.27. The minimum atomic E-state index is -4.79. The Hall–Kier alpha value is -2.71. The van der Waals surface area contributed by atoms with E-state index in [0.29, 0.717) is 17.1 Å². The lowest BCUT2D eigenvalue weighted by molar-refractivity contribution is -0.274. The van der Waals surface area contributed by atoms with Gasteiger partial charge in [-0.15, -0.1) is 13.2 Å². The minimum absolute atomic E-state index is 0.157. The second kappa shape index (κ2) is 8.79. The van der Waals surface area contributed by atoms with Gasteiger partial charge in [0.25, 0.3) is 0 Å². The molecule has 0 saturated heterocycles. The van der Waals surface area contributed by atoms with Gasteiger partial charge in [0, 0.05) is 17.7 Å². The molecule has 0 unspecified atom stereocenters. The molecular formula is C18H22F3N3O3. The van der Waals surface area contributed by atoms with E-state index in [4.69, 9.17) is 9.47 Å². The summed E-state index contributed by atoms with van der Waals surface area (Å²) in [7, 11) is 2.79. The van der Waals surface area contributed by atoms with E-state index in [2.05, 4.69) is 33.9 Å². The van der Waals surface area contributed by atoms with Gasteiger partial charge >= 0.3 is 6.36 Å². The molecule has 6 nitrogen and oxygen atoms in total. The van der Waals surface area contributed by atoms with Crippen molar-refractivity contribution in [1.82, 2.24) is 9.97 Å². The van der Waals surface area contributed by atoms with Crippen LogP contribution in [0.25, 0.3) is 11.3 Å². The van der Waals surface area contributed by atoms with Crippen molar-refractivity contribution < 1.29 is 27.4 Å². The molecule has 1 aromatic heterocycles. The fourth-order valence-electron chi connectivity index (χ4n) is 2.53. The van der Waals surface area contributed by atoms with Crippen molar-refractivity contribution >= 4 is 5.82 Å². The molecule has 2 aromatic rings. The number of methoxy groups -OCH3 is 2. The molecule has 1 heterocycles. The summed E-state index contributed by atoms with van der Waals surface area (Å²) in [6.45, 7) is 4.13. The van der Waals surface area contributed by atoms with Gasteiger partial charge in [-0.25, -0.2) is 4.98 Å². The van der Waals surface area contributed by atoms with Crippen molar-refractivity contribution in [3.8, 4) is 28.6 Å². The molecule has 0 aliphatic rings. The molecule has 9 heteroatoms. The summed E-state index contributed by atoms with van der Waals surface area (Å²) < 4.78 is 51.7. The van der Waals surface area contributed by atoms with Crippen LogP contribution >= 0.6 is 0 Å². The van der Waals surface area contributed by atoms with E-state index in [1.807, 2.05) is 0 Å². The van der Waals surface area contributed by atoms with E-state index >= 15 is 0 Å². The molecule has 0 aliphatic carbocycles. The first-order valence-electron chi connectivity index (χ1n) is 8.43. The van der Waals surface area contributed by atoms with E-state index in [1.54, 1.807) is 6.20 Å². The summed E-state index contributed by atoms with van der Waals surface area (Å²) in [5.74, 6) is 0.557. The number of hydrogen-bond acceptors (Lipinski definition) is 6. The zero-order valence-electron chi connectivity index (χ0n) is 15.6. The maximum Gasteiger partial charge on any atom is 0.573 e. The summed E-state index contributed by atoms with van der Waals surface area (Å²) >= 11 is 0. The summed E-state index contributed by atoms with van der Waals surface area (Å²) in [6, 6.07) is 3.99. The average molecular weight is 385 g/mol. The molecule has 0 radical (unpaired) electrons. The van der Waals surface area contributed by atoms with Crippen LogP contribution in [0.2, 0.25) is 0 Å². The van der Waals surface area contributed by atoms with Gasteiger partial charge in [0.15, 0.2) is 0 Å². The van der Waals surface area contributed by atoms with Crippen LogP contribution in [0.3, 0.4) is 0 Å². The molecular weight excluding hydrogens is 363 g/mol. The van der Waals surface area contributed by atoms with Gasteiger partial charge in [0.2, 0.25) is 5.88 Å². The van der Waals surface area contributed by atoms with Crippen LogP contribution in [0.5, 0.6) is 17.4 Å². The smallest absolute Gasteiger partial charge is 0.496 e. The van der Waals surface area contributed by atoms with Crippen LogP contribution in [0.1, 0.15) is 26.7 Å². The first-order valence-corrected chi connectivity index (χ1v) is 8.43. The Balaban J connectivity index is 2.39. The second-order valence-electron chi connectivity index (χ2n) is 5.68. The number of benzene rings is 1. The molecule has 0 amide bonds. The van der Waals surface area contributed by atoms with E-state index in [0.717, 1.165) is 18.9 Å². The van der Waals surface area contributed by atoms with Crippen molar-refractivity contribution in [2.45, 2.75) is 39.1 Å². The normalized spacial score (nSPS) is 11.4. The highest BCUT2D eigenvalue weighted by Gasteiger charge is 2.31. The zero-order valence-corrected chi connectivity index (χ0v) is 15.6. The van der Waals surface area contributed by atoms with Crippen LogP contribution in [-0.4, -0.2) is 36.6 Å². The monoisotopic (exact) mass is 385 g/mol. The summed E-state index contributed by atoms with van der Waals surface area (Å²) in [5.41, 5.74) is 0.786. The van der Waals surface area contributed by atoms with Gasteiger partial charge in [0.05, 0.1) is 20.4 Å². The van der Waals surface area contributed by atoms with E-state index in [1.165, 1.54) is 26.4 Å². The Morgan fingerprint density at radius 1 is 1.11 bits per heavy atom. The third kappa shape index (κ3) is 5.38. The first-order chi connectivity index (χ1) is 12.8. The molecule has 148 valence electrons. The number of rotatable bonds is 8. The maximum absolute atomic E-state index is 12.4. The Morgan fingerprint density at radius 3 is 2.37 bits per heavy atom. The number of halogens is 3. The Kier molecular flexibility index (Phi) is 6.70. The quantitative estimate of drug-likeness (QED) is 0.713. The van der Waals surface area contributed by atoms with Gasteiger partial charge in [-0.05, 0) is 25.0 Å². The molecule has 0 saturated carbocycles. The Morgan fingerprint density at radius 2 is 1.81 bits per heavy atom. The third-order valence-electron chi connectivity index (χ3n) is 3.93. The molecule has 2 rings (SSSR count). The highest BCUT2D eigenvalue weighted by atomic mass is 19.4. The lowest BCUT2D eigenvalue weighted by Gasteiger charge is -2.17. The summed E-state index contributed by atoms with van der Waals surface area (Å²) in [4.78, 5) is 8.76. The van der Waals surface area contributed by atoms with Crippen LogP contribution in [0, 0.1) is 0 Å². The average Bonchev–Trinajstić information content (AvgIpc) is 2.64. The molecule has 1 N–H and O–H groups in total. The number of ether oxygens (including phenoxy) is 3. The van der Waals surface area contributed by atoms with Crippen molar-refractivity contribution in [2.24, 2.45) is 0 Å². The molecule has 0 aliphatic heterocycles. The van der Waals surface area contributed by atoms with Crippen LogP contribution in [0.4, 0.5) is 19.0 Å². The second-order valence-corrected chi connectivity index (χ2v) is 5.68. The van der Waals surface area contributed by atoms with Crippen molar-refractivity contribution in [1.29, 1.82) is 0 Å². The predicted molar refractivity (Wildman–Crippen MR) is 95.2 cm³/mol. The Labute approximate surface area is 155 Å². The molecule has 27 heavy (non-hydrogen) atoms. The van der Waals surface area contributed by atoms with Crippen molar-refractivity contribution in [3.63, 3.8) is 0 Å². The first kappa shape index (κ1) is 20.6. The zero-order chi connectivity index (χ0) is 20.0. The number of anilines is 1. The van der Waals surface area contributed by atoms with Crippen LogP contribution in [0.15, 0.2) is 24.4 Å². The number of nitrogens with one attached hydrogen (secondary N) is 1. The largest absolute Gasteiger partial charge is 0.573 e. The standard InChI is InChI=1S/C18H22F3N3O3/c1-5-11(6-2)23-15-10-22-16(17(24-15)26-4)13-8-7-12(9-14(13)25-3)27-18(19,20)21/h7-11H,5-6H2,1-4H3,(H,23,24). The number of aromatic nitrogens is 2. The fourth-order valence-corrected chi connectivity index (χ4v) is 2.53. The van der Waals surface area contributed by atoms with Crippen LogP contribution in [-0.2, 0) is 0 Å². The van der Waals surface area contributed by atoms with Gasteiger partial charge in [-0.2, -0.15) is 4.98 Å². The lowest BCUT2D eigenvalue weighted by Crippen LogP contribution is -2.18. The van der Waals surface area contributed by atoms with Gasteiger partial charge in [-0.1, -0.05) is 13.8 Å². The molecule has 0 fully saturated rings. The highest BCUT2D eigenvalue weighted by Crippen LogP contribution is 2.37. The predicted octanol–water partition coefficient (Wildman–Crippen LogP) is 4.66. The molecule has 0 atom stereocenters. The molecule has 0 spiro atoms. The maximum atomic E-state index is 12.4. The minimum Gasteiger partial charge on any atom is -0.496 e. The molecule has 0 bridgehead atoms. The Bertz CT molecular complexity index is 765. The molecule has 1 aromatic carbocycles. The number of alkyl halides is 3. The van der Waals surface area contributed by atoms with Gasteiger partial charge in [-0.3, -0.25) is 0 Å². The number of nitrogens with zero attached hydrogens (tertiary/aromatic N) is 2. The highest BCUT2D eigenvalue weighted by molar-refractivity contribution is 5.72. The van der Waals surface area contributed by atoms with Gasteiger partial charge in [0.1, 0.15) is 23.0 Å². The van der Waals surface area contributed by atoms with Gasteiger partial charge < -0.3 is 19.5 Å². The van der Waals surface area contributed by atoms with E-state index in [-0.39, 0.29) is 23.4 Å². The van der Waals surface area contributed by atoms with Crippen molar-refractivity contribution in [3.05, 3.63) is 24.4 Å². The lowest BCUT2D eigenvalue weighted by atomic mass is 10.1. The van der Waals surface area contributed by atoms with E-state index < -0.39 is 6.36 Å². The SMILES string of the molecule is CCC(CC)Nc1cnc(-c2ccc(OC(F)(F)F)cc2OC)c(OC)n1. The van der Waals surface area contributed by atoms with Crippen molar-refractivity contribution in [2.75, 3.05) is 19.5 Å². The fraction of sp³-hybridized carbons (Fsp3) is 0.444. The number of hydrogen-bond donors (Lipinski definition) is 1. The topological polar surface area (TPSA) is 65.5 Å². The van der Waals surface area contributed by atoms with Crippen LogP contribution < -0.4 is 19.5 Å².